The molecule has 9 heteroatoms. The molecule has 0 atom stereocenters. The first-order chi connectivity index (χ1) is 14.7. The second-order valence-electron chi connectivity index (χ2n) is 8.66. The molecule has 2 N–H and O–H groups in total. The quantitative estimate of drug-likeness (QED) is 0.192. The van der Waals surface area contributed by atoms with E-state index in [-0.39, 0.29) is 29.7 Å². The number of hydrogen-bond acceptors (Lipinski definition) is 4. The molecule has 2 aliphatic rings. The summed E-state index contributed by atoms with van der Waals surface area (Å²) in [7, 11) is 0. The normalized spacial score (nSPS) is 17.8. The molecule has 8 nitrogen and oxygen atoms in total. The molecule has 0 spiro atoms. The highest BCUT2D eigenvalue weighted by molar-refractivity contribution is 14.0. The van der Waals surface area contributed by atoms with E-state index in [0.717, 1.165) is 83.3 Å². The fourth-order valence-corrected chi connectivity index (χ4v) is 4.66. The zero-order valence-electron chi connectivity index (χ0n) is 19.3. The van der Waals surface area contributed by atoms with Crippen LogP contribution in [-0.4, -0.2) is 53.2 Å². The Bertz CT molecular complexity index is 739. The predicted molar refractivity (Wildman–Crippen MR) is 135 cm³/mol. The monoisotopic (exact) mass is 548 g/mol. The molecular formula is C22H41IN6O2. The van der Waals surface area contributed by atoms with Crippen LogP contribution in [0.25, 0.3) is 0 Å². The lowest BCUT2D eigenvalue weighted by Crippen LogP contribution is -2.39. The maximum absolute atomic E-state index is 12.4. The number of aliphatic imine (C=N–C) groups is 1. The number of halogens is 1. The zero-order valence-corrected chi connectivity index (χ0v) is 21.7. The number of ether oxygens (including phenoxy) is 1. The highest BCUT2D eigenvalue weighted by Gasteiger charge is 2.33. The molecule has 178 valence electrons. The third kappa shape index (κ3) is 7.47. The van der Waals surface area contributed by atoms with Gasteiger partial charge in [0.1, 0.15) is 5.82 Å². The lowest BCUT2D eigenvalue weighted by atomic mass is 9.83. The Labute approximate surface area is 203 Å². The van der Waals surface area contributed by atoms with E-state index in [4.69, 9.17) is 9.73 Å². The van der Waals surface area contributed by atoms with Crippen LogP contribution in [0, 0.1) is 5.41 Å². The van der Waals surface area contributed by atoms with Crippen LogP contribution in [0.15, 0.2) is 9.79 Å². The van der Waals surface area contributed by atoms with E-state index >= 15 is 0 Å². The highest BCUT2D eigenvalue weighted by atomic mass is 127. The summed E-state index contributed by atoms with van der Waals surface area (Å²) >= 11 is 0. The van der Waals surface area contributed by atoms with Crippen LogP contribution in [0.2, 0.25) is 0 Å². The first kappa shape index (κ1) is 26.2. The average Bonchev–Trinajstić information content (AvgIpc) is 3.35. The fourth-order valence-electron chi connectivity index (χ4n) is 4.66. The maximum atomic E-state index is 12.4. The van der Waals surface area contributed by atoms with Crippen LogP contribution < -0.4 is 16.3 Å². The van der Waals surface area contributed by atoms with Crippen molar-refractivity contribution in [1.82, 2.24) is 25.0 Å². The smallest absolute Gasteiger partial charge is 0.345 e. The molecule has 1 aromatic rings. The topological polar surface area (TPSA) is 85.5 Å². The Hall–Kier alpha value is -1.10. The van der Waals surface area contributed by atoms with Crippen molar-refractivity contribution < 1.29 is 4.74 Å². The largest absolute Gasteiger partial charge is 0.382 e. The molecule has 0 unspecified atom stereocenters. The molecule has 1 fully saturated rings. The van der Waals surface area contributed by atoms with Gasteiger partial charge in [0.25, 0.3) is 0 Å². The summed E-state index contributed by atoms with van der Waals surface area (Å²) in [6, 6.07) is 0. The van der Waals surface area contributed by atoms with Crippen LogP contribution in [0.1, 0.15) is 71.0 Å². The second-order valence-corrected chi connectivity index (χ2v) is 8.66. The van der Waals surface area contributed by atoms with Crippen molar-refractivity contribution in [3.05, 3.63) is 16.3 Å². The maximum Gasteiger partial charge on any atom is 0.345 e. The van der Waals surface area contributed by atoms with Crippen LogP contribution in [0.4, 0.5) is 0 Å². The van der Waals surface area contributed by atoms with Gasteiger partial charge in [0.15, 0.2) is 5.96 Å². The van der Waals surface area contributed by atoms with Crippen LogP contribution in [0.5, 0.6) is 0 Å². The van der Waals surface area contributed by atoms with Gasteiger partial charge in [-0.3, -0.25) is 9.56 Å². The second kappa shape index (κ2) is 13.4. The van der Waals surface area contributed by atoms with Gasteiger partial charge in [-0.05, 0) is 57.8 Å². The van der Waals surface area contributed by atoms with Crippen molar-refractivity contribution in [1.29, 1.82) is 0 Å². The van der Waals surface area contributed by atoms with Crippen molar-refractivity contribution in [3.8, 4) is 0 Å². The summed E-state index contributed by atoms with van der Waals surface area (Å²) in [6.45, 7) is 9.68. The molecule has 0 bridgehead atoms. The summed E-state index contributed by atoms with van der Waals surface area (Å²) in [4.78, 5) is 17.3. The van der Waals surface area contributed by atoms with Gasteiger partial charge >= 0.3 is 5.69 Å². The third-order valence-electron chi connectivity index (χ3n) is 6.43. The van der Waals surface area contributed by atoms with E-state index in [1.165, 1.54) is 25.7 Å². The molecule has 3 rings (SSSR count). The Morgan fingerprint density at radius 2 is 2.00 bits per heavy atom. The van der Waals surface area contributed by atoms with Gasteiger partial charge in [-0.1, -0.05) is 12.8 Å². The minimum absolute atomic E-state index is 0. The first-order valence-electron chi connectivity index (χ1n) is 11.9. The van der Waals surface area contributed by atoms with E-state index in [9.17, 15) is 4.79 Å². The summed E-state index contributed by atoms with van der Waals surface area (Å²) in [5.74, 6) is 1.82. The lowest BCUT2D eigenvalue weighted by Gasteiger charge is -2.27. The van der Waals surface area contributed by atoms with Gasteiger partial charge in [0.2, 0.25) is 0 Å². The van der Waals surface area contributed by atoms with Crippen molar-refractivity contribution in [2.24, 2.45) is 10.4 Å². The van der Waals surface area contributed by atoms with Crippen molar-refractivity contribution in [3.63, 3.8) is 0 Å². The average molecular weight is 549 g/mol. The molecule has 1 aliphatic heterocycles. The molecule has 0 saturated heterocycles. The van der Waals surface area contributed by atoms with Crippen molar-refractivity contribution >= 4 is 29.9 Å². The van der Waals surface area contributed by atoms with Crippen LogP contribution in [0.3, 0.4) is 0 Å². The number of fused-ring (bicyclic) bond motifs is 1. The molecule has 0 aromatic carbocycles. The van der Waals surface area contributed by atoms with Gasteiger partial charge < -0.3 is 15.4 Å². The molecule has 31 heavy (non-hydrogen) atoms. The molecule has 1 aliphatic carbocycles. The summed E-state index contributed by atoms with van der Waals surface area (Å²) in [5, 5.41) is 11.3. The van der Waals surface area contributed by atoms with Gasteiger partial charge in [0, 0.05) is 52.4 Å². The minimum atomic E-state index is 0. The van der Waals surface area contributed by atoms with E-state index in [1.54, 1.807) is 4.68 Å². The van der Waals surface area contributed by atoms with Crippen LogP contribution >= 0.6 is 24.0 Å². The van der Waals surface area contributed by atoms with Crippen LogP contribution in [-0.2, 0) is 24.2 Å². The predicted octanol–water partition coefficient (Wildman–Crippen LogP) is 2.93. The molecule has 2 heterocycles. The van der Waals surface area contributed by atoms with Crippen molar-refractivity contribution in [2.45, 2.75) is 84.7 Å². The molecule has 1 aromatic heterocycles. The molecular weight excluding hydrogens is 507 g/mol. The lowest BCUT2D eigenvalue weighted by molar-refractivity contribution is 0.107. The van der Waals surface area contributed by atoms with Gasteiger partial charge in [-0.25, -0.2) is 9.48 Å². The number of rotatable bonds is 11. The van der Waals surface area contributed by atoms with Gasteiger partial charge in [-0.15, -0.1) is 24.0 Å². The van der Waals surface area contributed by atoms with E-state index < -0.39 is 0 Å². The number of nitrogens with zero attached hydrogens (tertiary/aromatic N) is 4. The molecule has 0 amide bonds. The summed E-state index contributed by atoms with van der Waals surface area (Å²) in [5.41, 5.74) is 0.336. The standard InChI is InChI=1S/C22H40N6O2.HI/c1-3-23-20(25-18-22(11-6-7-12-22)13-17-30-4-2)24-14-9-16-28-21(29)27-15-8-5-10-19(27)26-28;/h3-18H2,1-2H3,(H2,23,24,25);1H. The summed E-state index contributed by atoms with van der Waals surface area (Å²) in [6.07, 6.45) is 10.2. The summed E-state index contributed by atoms with van der Waals surface area (Å²) < 4.78 is 9.09. The SMILES string of the molecule is CCNC(=NCC1(CCOCC)CCCC1)NCCCn1nc2n(c1=O)CCCC2.I. The van der Waals surface area contributed by atoms with Gasteiger partial charge in [-0.2, -0.15) is 5.10 Å². The van der Waals surface area contributed by atoms with E-state index in [1.807, 2.05) is 4.57 Å². The minimum Gasteiger partial charge on any atom is -0.382 e. The van der Waals surface area contributed by atoms with Crippen molar-refractivity contribution in [2.75, 3.05) is 32.8 Å². The number of nitrogens with one attached hydrogen (secondary N) is 2. The fraction of sp³-hybridized carbons (Fsp3) is 0.864. The third-order valence-corrected chi connectivity index (χ3v) is 6.43. The first-order valence-corrected chi connectivity index (χ1v) is 11.9. The van der Waals surface area contributed by atoms with E-state index in [2.05, 4.69) is 29.6 Å². The Kier molecular flexibility index (Phi) is 11.3. The number of aryl methyl sites for hydroxylation is 2. The number of guanidine groups is 1. The van der Waals surface area contributed by atoms with E-state index in [0.29, 0.717) is 12.0 Å². The highest BCUT2D eigenvalue weighted by Crippen LogP contribution is 2.41. The Morgan fingerprint density at radius 1 is 1.19 bits per heavy atom. The Balaban J connectivity index is 0.00000341. The Morgan fingerprint density at radius 3 is 2.71 bits per heavy atom. The van der Waals surface area contributed by atoms with Gasteiger partial charge in [0.05, 0.1) is 0 Å². The number of aromatic nitrogens is 3. The number of hydrogen-bond donors (Lipinski definition) is 2. The zero-order chi connectivity index (χ0) is 21.2. The molecule has 1 saturated carbocycles. The molecule has 0 radical (unpaired) electrons.